The molecular formula is C25H32N6O2. The van der Waals surface area contributed by atoms with Crippen LogP contribution >= 0.6 is 0 Å². The second kappa shape index (κ2) is 8.67. The first kappa shape index (κ1) is 21.7. The van der Waals surface area contributed by atoms with Gasteiger partial charge in [-0.15, -0.1) is 0 Å². The number of rotatable bonds is 5. The number of likely N-dealkylation sites (tertiary alicyclic amines) is 1. The molecule has 0 aliphatic carbocycles. The molecule has 1 aromatic carbocycles. The summed E-state index contributed by atoms with van der Waals surface area (Å²) in [6.45, 7) is 5.02. The zero-order chi connectivity index (χ0) is 23.1. The summed E-state index contributed by atoms with van der Waals surface area (Å²) in [5.41, 5.74) is 4.76. The SMILES string of the molecule is CNc1nc([C@H]2CCCN2C(C)=O)nc2c1CCN(Cc1cn(C)c3cc(OC)ccc13)C2. The molecule has 8 heteroatoms. The Kier molecular flexibility index (Phi) is 5.70. The first-order valence-electron chi connectivity index (χ1n) is 11.7. The van der Waals surface area contributed by atoms with Crippen LogP contribution < -0.4 is 10.1 Å². The van der Waals surface area contributed by atoms with Gasteiger partial charge in [0, 0.05) is 70.4 Å². The molecule has 174 valence electrons. The number of hydrogen-bond donors (Lipinski definition) is 1. The molecule has 1 saturated heterocycles. The molecule has 33 heavy (non-hydrogen) atoms. The third-order valence-electron chi connectivity index (χ3n) is 7.03. The molecule has 3 aromatic rings. The molecule has 1 fully saturated rings. The zero-order valence-electron chi connectivity index (χ0n) is 19.9. The fourth-order valence-electron chi connectivity index (χ4n) is 5.35. The van der Waals surface area contributed by atoms with Gasteiger partial charge >= 0.3 is 0 Å². The number of carbonyl (C=O) groups excluding carboxylic acids is 1. The number of carbonyl (C=O) groups is 1. The highest BCUT2D eigenvalue weighted by atomic mass is 16.5. The van der Waals surface area contributed by atoms with E-state index in [1.807, 2.05) is 18.0 Å². The predicted molar refractivity (Wildman–Crippen MR) is 128 cm³/mol. The third-order valence-corrected chi connectivity index (χ3v) is 7.03. The minimum atomic E-state index is -0.0247. The lowest BCUT2D eigenvalue weighted by Crippen LogP contribution is -2.33. The van der Waals surface area contributed by atoms with Crippen molar-refractivity contribution in [2.24, 2.45) is 7.05 Å². The van der Waals surface area contributed by atoms with Gasteiger partial charge in [0.2, 0.25) is 5.91 Å². The molecule has 0 bridgehead atoms. The van der Waals surface area contributed by atoms with Gasteiger partial charge in [-0.3, -0.25) is 9.69 Å². The normalized spacial score (nSPS) is 18.5. The lowest BCUT2D eigenvalue weighted by molar-refractivity contribution is -0.129. The van der Waals surface area contributed by atoms with Crippen molar-refractivity contribution >= 4 is 22.6 Å². The molecule has 0 unspecified atom stereocenters. The van der Waals surface area contributed by atoms with Crippen molar-refractivity contribution in [2.75, 3.05) is 32.6 Å². The molecule has 4 heterocycles. The van der Waals surface area contributed by atoms with Crippen molar-refractivity contribution in [3.8, 4) is 5.75 Å². The predicted octanol–water partition coefficient (Wildman–Crippen LogP) is 3.26. The third kappa shape index (κ3) is 3.93. The van der Waals surface area contributed by atoms with E-state index in [9.17, 15) is 4.79 Å². The fourth-order valence-corrected chi connectivity index (χ4v) is 5.35. The Morgan fingerprint density at radius 2 is 2.12 bits per heavy atom. The Morgan fingerprint density at radius 3 is 2.88 bits per heavy atom. The van der Waals surface area contributed by atoms with E-state index in [-0.39, 0.29) is 11.9 Å². The summed E-state index contributed by atoms with van der Waals surface area (Å²) >= 11 is 0. The number of nitrogens with zero attached hydrogens (tertiary/aromatic N) is 5. The van der Waals surface area contributed by atoms with Gasteiger partial charge in [0.25, 0.3) is 0 Å². The molecule has 0 saturated carbocycles. The van der Waals surface area contributed by atoms with E-state index in [0.717, 1.165) is 68.5 Å². The second-order valence-electron chi connectivity index (χ2n) is 9.09. The Bertz CT molecular complexity index is 1200. The average molecular weight is 449 g/mol. The van der Waals surface area contributed by atoms with Crippen LogP contribution in [0.15, 0.2) is 24.4 Å². The van der Waals surface area contributed by atoms with Gasteiger partial charge in [-0.25, -0.2) is 9.97 Å². The van der Waals surface area contributed by atoms with Crippen molar-refractivity contribution in [3.63, 3.8) is 0 Å². The highest BCUT2D eigenvalue weighted by molar-refractivity contribution is 5.85. The van der Waals surface area contributed by atoms with Crippen LogP contribution in [0, 0.1) is 0 Å². The maximum Gasteiger partial charge on any atom is 0.220 e. The molecule has 2 aliphatic heterocycles. The number of anilines is 1. The quantitative estimate of drug-likeness (QED) is 0.646. The van der Waals surface area contributed by atoms with Gasteiger partial charge in [0.15, 0.2) is 5.82 Å². The number of nitrogens with one attached hydrogen (secondary N) is 1. The molecule has 0 radical (unpaired) electrons. The first-order valence-corrected chi connectivity index (χ1v) is 11.7. The molecule has 2 aromatic heterocycles. The standard InChI is InChI=1S/C25H32N6O2/c1-16(32)31-10-5-6-22(31)25-27-21-15-30(11-9-20(21)24(26-2)28-25)14-17-13-29(3)23-12-18(33-4)7-8-19(17)23/h7-8,12-13,22H,5-6,9-11,14-15H2,1-4H3,(H,26,27,28)/t22-/m1/s1. The smallest absolute Gasteiger partial charge is 0.220 e. The van der Waals surface area contributed by atoms with Crippen molar-refractivity contribution in [2.45, 2.75) is 45.3 Å². The molecule has 1 amide bonds. The number of aryl methyl sites for hydroxylation is 1. The van der Waals surface area contributed by atoms with Crippen molar-refractivity contribution < 1.29 is 9.53 Å². The van der Waals surface area contributed by atoms with Crippen LogP contribution in [-0.4, -0.2) is 57.5 Å². The summed E-state index contributed by atoms with van der Waals surface area (Å²) in [5, 5.41) is 4.53. The summed E-state index contributed by atoms with van der Waals surface area (Å²) in [6.07, 6.45) is 5.04. The number of methoxy groups -OCH3 is 1. The summed E-state index contributed by atoms with van der Waals surface area (Å²) in [7, 11) is 5.70. The lowest BCUT2D eigenvalue weighted by atomic mass is 10.0. The van der Waals surface area contributed by atoms with Gasteiger partial charge in [0.1, 0.15) is 11.6 Å². The second-order valence-corrected chi connectivity index (χ2v) is 9.09. The van der Waals surface area contributed by atoms with Crippen LogP contribution in [-0.2, 0) is 31.4 Å². The van der Waals surface area contributed by atoms with Crippen LogP contribution in [0.3, 0.4) is 0 Å². The Labute approximate surface area is 194 Å². The van der Waals surface area contributed by atoms with Crippen molar-refractivity contribution in [3.05, 3.63) is 47.0 Å². The molecule has 1 atom stereocenters. The van der Waals surface area contributed by atoms with Gasteiger partial charge in [-0.05, 0) is 37.0 Å². The van der Waals surface area contributed by atoms with Crippen molar-refractivity contribution in [1.29, 1.82) is 0 Å². The average Bonchev–Trinajstić information content (AvgIpc) is 3.43. The monoisotopic (exact) mass is 448 g/mol. The van der Waals surface area contributed by atoms with E-state index >= 15 is 0 Å². The van der Waals surface area contributed by atoms with E-state index in [4.69, 9.17) is 14.7 Å². The van der Waals surface area contributed by atoms with Crippen LogP contribution in [0.4, 0.5) is 5.82 Å². The maximum absolute atomic E-state index is 12.1. The Hall–Kier alpha value is -3.13. The van der Waals surface area contributed by atoms with Crippen LogP contribution in [0.25, 0.3) is 10.9 Å². The number of aromatic nitrogens is 3. The topological polar surface area (TPSA) is 75.5 Å². The highest BCUT2D eigenvalue weighted by Gasteiger charge is 2.32. The van der Waals surface area contributed by atoms with E-state index < -0.39 is 0 Å². The van der Waals surface area contributed by atoms with Gasteiger partial charge in [-0.1, -0.05) is 0 Å². The van der Waals surface area contributed by atoms with E-state index in [0.29, 0.717) is 0 Å². The van der Waals surface area contributed by atoms with E-state index in [1.165, 1.54) is 22.0 Å². The number of amides is 1. The maximum atomic E-state index is 12.1. The summed E-state index contributed by atoms with van der Waals surface area (Å²) in [4.78, 5) is 26.3. The molecular weight excluding hydrogens is 416 g/mol. The molecule has 0 spiro atoms. The minimum Gasteiger partial charge on any atom is -0.497 e. The van der Waals surface area contributed by atoms with Crippen LogP contribution in [0.5, 0.6) is 5.75 Å². The van der Waals surface area contributed by atoms with Gasteiger partial charge < -0.3 is 19.5 Å². The van der Waals surface area contributed by atoms with Crippen molar-refractivity contribution in [1.82, 2.24) is 24.3 Å². The summed E-state index contributed by atoms with van der Waals surface area (Å²) in [5.74, 6) is 2.64. The molecule has 2 aliphatic rings. The summed E-state index contributed by atoms with van der Waals surface area (Å²) in [6, 6.07) is 6.24. The Balaban J connectivity index is 1.42. The Morgan fingerprint density at radius 1 is 1.27 bits per heavy atom. The van der Waals surface area contributed by atoms with E-state index in [1.54, 1.807) is 14.0 Å². The zero-order valence-corrected chi connectivity index (χ0v) is 19.9. The van der Waals surface area contributed by atoms with Crippen LogP contribution in [0.1, 0.15) is 48.5 Å². The van der Waals surface area contributed by atoms with E-state index in [2.05, 4.69) is 40.2 Å². The van der Waals surface area contributed by atoms with Gasteiger partial charge in [0.05, 0.1) is 24.4 Å². The highest BCUT2D eigenvalue weighted by Crippen LogP contribution is 2.34. The number of benzene rings is 1. The van der Waals surface area contributed by atoms with Gasteiger partial charge in [-0.2, -0.15) is 0 Å². The molecule has 5 rings (SSSR count). The van der Waals surface area contributed by atoms with Crippen LogP contribution in [0.2, 0.25) is 0 Å². The minimum absolute atomic E-state index is 0.0247. The first-order chi connectivity index (χ1) is 16.0. The fraction of sp³-hybridized carbons (Fsp3) is 0.480. The molecule has 1 N–H and O–H groups in total. The number of fused-ring (bicyclic) bond motifs is 2. The molecule has 8 nitrogen and oxygen atoms in total. The lowest BCUT2D eigenvalue weighted by Gasteiger charge is -2.30. The number of hydrogen-bond acceptors (Lipinski definition) is 6. The summed E-state index contributed by atoms with van der Waals surface area (Å²) < 4.78 is 7.57. The largest absolute Gasteiger partial charge is 0.497 e. The number of ether oxygens (including phenoxy) is 1.